The Bertz CT molecular complexity index is 1180. The molecule has 4 N–H and O–H groups in total. The fourth-order valence-electron chi connectivity index (χ4n) is 2.92. The van der Waals surface area contributed by atoms with Crippen molar-refractivity contribution in [3.63, 3.8) is 0 Å². The topological polar surface area (TPSA) is 107 Å². The summed E-state index contributed by atoms with van der Waals surface area (Å²) in [5.41, 5.74) is 4.21. The number of hydrogen-bond acceptors (Lipinski definition) is 6. The van der Waals surface area contributed by atoms with Crippen LogP contribution < -0.4 is 10.6 Å². The van der Waals surface area contributed by atoms with Gasteiger partial charge in [0.15, 0.2) is 11.5 Å². The van der Waals surface area contributed by atoms with Gasteiger partial charge in [-0.05, 0) is 24.3 Å². The highest BCUT2D eigenvalue weighted by molar-refractivity contribution is 5.84. The lowest BCUT2D eigenvalue weighted by Gasteiger charge is -2.08. The summed E-state index contributed by atoms with van der Waals surface area (Å²) in [6, 6.07) is 17.7. The van der Waals surface area contributed by atoms with Crippen molar-refractivity contribution in [1.29, 1.82) is 0 Å². The van der Waals surface area contributed by atoms with E-state index < -0.39 is 0 Å². The van der Waals surface area contributed by atoms with Gasteiger partial charge in [0.2, 0.25) is 5.95 Å². The summed E-state index contributed by atoms with van der Waals surface area (Å²) in [7, 11) is 0. The molecule has 0 fully saturated rings. The number of benzene rings is 2. The van der Waals surface area contributed by atoms with E-state index in [2.05, 4.69) is 40.5 Å². The van der Waals surface area contributed by atoms with Crippen LogP contribution in [-0.4, -0.2) is 29.9 Å². The fraction of sp³-hybridized carbons (Fsp3) is 0.0526. The molecule has 3 heterocycles. The molecule has 8 heteroatoms. The number of nitrogens with zero attached hydrogens (tertiary/aromatic N) is 4. The third kappa shape index (κ3) is 3.04. The zero-order chi connectivity index (χ0) is 18.1. The smallest absolute Gasteiger partial charge is 0.231 e. The van der Waals surface area contributed by atoms with E-state index in [0.717, 1.165) is 28.1 Å². The molecule has 0 unspecified atom stereocenters. The van der Waals surface area contributed by atoms with Gasteiger partial charge < -0.3 is 20.6 Å². The molecule has 27 heavy (non-hydrogen) atoms. The predicted molar refractivity (Wildman–Crippen MR) is 105 cm³/mol. The van der Waals surface area contributed by atoms with Crippen LogP contribution in [-0.2, 0) is 6.54 Å². The quantitative estimate of drug-likeness (QED) is 0.383. The molecule has 0 aliphatic carbocycles. The summed E-state index contributed by atoms with van der Waals surface area (Å²) < 4.78 is 0. The molecule has 0 saturated carbocycles. The third-order valence-electron chi connectivity index (χ3n) is 4.18. The second-order valence-corrected chi connectivity index (χ2v) is 6.04. The van der Waals surface area contributed by atoms with Crippen LogP contribution in [0.15, 0.2) is 60.9 Å². The maximum atomic E-state index is 4.59. The minimum atomic E-state index is 0.480. The average Bonchev–Trinajstić information content (AvgIpc) is 3.33. The van der Waals surface area contributed by atoms with E-state index in [1.807, 2.05) is 54.6 Å². The minimum Gasteiger partial charge on any atom is -0.361 e. The number of imidazole rings is 2. The Morgan fingerprint density at radius 1 is 0.889 bits per heavy atom. The van der Waals surface area contributed by atoms with Crippen LogP contribution in [0.5, 0.6) is 0 Å². The molecule has 0 radical (unpaired) electrons. The standard InChI is InChI=1S/C19H16N8/c1-2-6-12(7-3-1)23-19-26-17(16-18(27-19)22-11-21-16)20-10-15-24-13-8-4-5-9-14(13)25-15/h1-9,11H,10H2,(H,24,25)(H3,20,21,22,23,26,27). The Morgan fingerprint density at radius 3 is 2.63 bits per heavy atom. The molecule has 0 amide bonds. The van der Waals surface area contributed by atoms with Gasteiger partial charge in [-0.15, -0.1) is 0 Å². The largest absolute Gasteiger partial charge is 0.361 e. The monoisotopic (exact) mass is 356 g/mol. The molecule has 132 valence electrons. The molecular weight excluding hydrogens is 340 g/mol. The van der Waals surface area contributed by atoms with Crippen LogP contribution >= 0.6 is 0 Å². The van der Waals surface area contributed by atoms with E-state index in [1.165, 1.54) is 0 Å². The highest BCUT2D eigenvalue weighted by Gasteiger charge is 2.11. The summed E-state index contributed by atoms with van der Waals surface area (Å²) in [6.07, 6.45) is 1.61. The van der Waals surface area contributed by atoms with Gasteiger partial charge in [0.25, 0.3) is 0 Å². The number of nitrogens with one attached hydrogen (secondary N) is 4. The number of anilines is 3. The molecule has 0 aliphatic rings. The first-order valence-electron chi connectivity index (χ1n) is 8.56. The van der Waals surface area contributed by atoms with Crippen molar-refractivity contribution in [2.45, 2.75) is 6.54 Å². The van der Waals surface area contributed by atoms with Crippen molar-refractivity contribution < 1.29 is 0 Å². The fourth-order valence-corrected chi connectivity index (χ4v) is 2.92. The van der Waals surface area contributed by atoms with E-state index in [1.54, 1.807) is 6.33 Å². The summed E-state index contributed by atoms with van der Waals surface area (Å²) >= 11 is 0. The summed E-state index contributed by atoms with van der Waals surface area (Å²) in [5, 5.41) is 6.53. The van der Waals surface area contributed by atoms with E-state index >= 15 is 0 Å². The van der Waals surface area contributed by atoms with Crippen molar-refractivity contribution in [1.82, 2.24) is 29.9 Å². The van der Waals surface area contributed by atoms with Crippen LogP contribution in [0.2, 0.25) is 0 Å². The van der Waals surface area contributed by atoms with Gasteiger partial charge in [-0.25, -0.2) is 9.97 Å². The number of fused-ring (bicyclic) bond motifs is 2. The van der Waals surface area contributed by atoms with Gasteiger partial charge in [-0.1, -0.05) is 30.3 Å². The maximum Gasteiger partial charge on any atom is 0.231 e. The molecule has 0 spiro atoms. The highest BCUT2D eigenvalue weighted by Crippen LogP contribution is 2.21. The molecule has 0 atom stereocenters. The SMILES string of the molecule is c1ccc(Nc2nc(NCc3nc4ccccc4[nH]3)c3[nH]cnc3n2)cc1. The van der Waals surface area contributed by atoms with Gasteiger partial charge in [0.1, 0.15) is 11.3 Å². The van der Waals surface area contributed by atoms with E-state index in [9.17, 15) is 0 Å². The first-order valence-corrected chi connectivity index (χ1v) is 8.56. The first-order chi connectivity index (χ1) is 13.3. The van der Waals surface area contributed by atoms with E-state index in [-0.39, 0.29) is 0 Å². The molecule has 3 aromatic heterocycles. The molecule has 2 aromatic carbocycles. The molecule has 5 aromatic rings. The number of rotatable bonds is 5. The molecule has 0 bridgehead atoms. The summed E-state index contributed by atoms with van der Waals surface area (Å²) in [6.45, 7) is 0.505. The first kappa shape index (κ1) is 15.3. The summed E-state index contributed by atoms with van der Waals surface area (Å²) in [4.78, 5) is 24.3. The minimum absolute atomic E-state index is 0.480. The van der Waals surface area contributed by atoms with Gasteiger partial charge in [0.05, 0.1) is 23.9 Å². The van der Waals surface area contributed by atoms with Crippen molar-refractivity contribution in [3.05, 3.63) is 66.7 Å². The number of H-pyrrole nitrogens is 2. The second kappa shape index (κ2) is 6.41. The van der Waals surface area contributed by atoms with Crippen molar-refractivity contribution in [2.24, 2.45) is 0 Å². The summed E-state index contributed by atoms with van der Waals surface area (Å²) in [5.74, 6) is 1.98. The van der Waals surface area contributed by atoms with Crippen molar-refractivity contribution in [2.75, 3.05) is 10.6 Å². The Morgan fingerprint density at radius 2 is 1.74 bits per heavy atom. The van der Waals surface area contributed by atoms with Crippen LogP contribution in [0.25, 0.3) is 22.2 Å². The lowest BCUT2D eigenvalue weighted by Crippen LogP contribution is -2.06. The molecule has 0 aliphatic heterocycles. The van der Waals surface area contributed by atoms with Gasteiger partial charge in [0, 0.05) is 5.69 Å². The van der Waals surface area contributed by atoms with Crippen LogP contribution in [0.3, 0.4) is 0 Å². The Balaban J connectivity index is 1.43. The van der Waals surface area contributed by atoms with Crippen LogP contribution in [0, 0.1) is 0 Å². The molecule has 5 rings (SSSR count). The zero-order valence-electron chi connectivity index (χ0n) is 14.3. The lowest BCUT2D eigenvalue weighted by molar-refractivity contribution is 0.997. The van der Waals surface area contributed by atoms with Gasteiger partial charge in [-0.2, -0.15) is 9.97 Å². The van der Waals surface area contributed by atoms with Gasteiger partial charge in [-0.3, -0.25) is 0 Å². The second-order valence-electron chi connectivity index (χ2n) is 6.04. The highest BCUT2D eigenvalue weighted by atomic mass is 15.2. The van der Waals surface area contributed by atoms with Crippen LogP contribution in [0.4, 0.5) is 17.5 Å². The molecular formula is C19H16N8. The molecule has 8 nitrogen and oxygen atoms in total. The normalized spacial score (nSPS) is 11.1. The van der Waals surface area contributed by atoms with Crippen molar-refractivity contribution in [3.8, 4) is 0 Å². The number of aromatic amines is 2. The van der Waals surface area contributed by atoms with Gasteiger partial charge >= 0.3 is 0 Å². The number of aromatic nitrogens is 6. The Hall–Kier alpha value is -3.94. The van der Waals surface area contributed by atoms with E-state index in [4.69, 9.17) is 0 Å². The number of para-hydroxylation sites is 3. The van der Waals surface area contributed by atoms with Crippen LogP contribution in [0.1, 0.15) is 5.82 Å². The predicted octanol–water partition coefficient (Wildman–Crippen LogP) is 3.58. The lowest BCUT2D eigenvalue weighted by atomic mass is 10.3. The zero-order valence-corrected chi connectivity index (χ0v) is 14.3. The average molecular weight is 356 g/mol. The van der Waals surface area contributed by atoms with E-state index in [0.29, 0.717) is 24.0 Å². The molecule has 0 saturated heterocycles. The Kier molecular flexibility index (Phi) is 3.64. The van der Waals surface area contributed by atoms with Crippen molar-refractivity contribution >= 4 is 39.7 Å². The Labute approximate surface area is 154 Å². The third-order valence-corrected chi connectivity index (χ3v) is 4.18. The number of hydrogen-bond donors (Lipinski definition) is 4. The maximum absolute atomic E-state index is 4.59.